The van der Waals surface area contributed by atoms with E-state index in [9.17, 15) is 9.59 Å². The summed E-state index contributed by atoms with van der Waals surface area (Å²) in [5.41, 5.74) is 2.37. The minimum Gasteiger partial charge on any atom is -0.462 e. The molecule has 0 aliphatic carbocycles. The van der Waals surface area contributed by atoms with Gasteiger partial charge in [-0.1, -0.05) is 30.3 Å². The second-order valence-electron chi connectivity index (χ2n) is 5.52. The smallest absolute Gasteiger partial charge is 0.338 e. The van der Waals surface area contributed by atoms with Crippen LogP contribution in [0.3, 0.4) is 0 Å². The van der Waals surface area contributed by atoms with Crippen LogP contribution in [-0.4, -0.2) is 23.7 Å². The number of esters is 1. The second kappa shape index (κ2) is 7.09. The van der Waals surface area contributed by atoms with Crippen LogP contribution in [0.2, 0.25) is 0 Å². The van der Waals surface area contributed by atoms with Gasteiger partial charge in [0.2, 0.25) is 5.91 Å². The zero-order valence-electron chi connectivity index (χ0n) is 13.6. The highest BCUT2D eigenvalue weighted by Gasteiger charge is 2.39. The van der Waals surface area contributed by atoms with Gasteiger partial charge < -0.3 is 4.74 Å². The highest BCUT2D eigenvalue weighted by molar-refractivity contribution is 8.01. The van der Waals surface area contributed by atoms with Gasteiger partial charge in [-0.25, -0.2) is 4.79 Å². The first-order valence-corrected chi connectivity index (χ1v) is 8.86. The largest absolute Gasteiger partial charge is 0.462 e. The van der Waals surface area contributed by atoms with Crippen LogP contribution in [0.1, 0.15) is 35.1 Å². The SMILES string of the molecule is CCOC(=O)c1ccc(N2C(=O)[C@H](C)S[C@H]2c2ccccc2)cc1. The molecule has 0 aromatic heterocycles. The van der Waals surface area contributed by atoms with Crippen LogP contribution in [0, 0.1) is 0 Å². The van der Waals surface area contributed by atoms with Crippen molar-refractivity contribution in [3.63, 3.8) is 0 Å². The first-order chi connectivity index (χ1) is 11.6. The van der Waals surface area contributed by atoms with Crippen LogP contribution < -0.4 is 4.90 Å². The van der Waals surface area contributed by atoms with Crippen molar-refractivity contribution in [2.75, 3.05) is 11.5 Å². The van der Waals surface area contributed by atoms with E-state index in [0.717, 1.165) is 11.3 Å². The Morgan fingerprint density at radius 3 is 2.42 bits per heavy atom. The molecule has 124 valence electrons. The van der Waals surface area contributed by atoms with Gasteiger partial charge in [0.1, 0.15) is 5.37 Å². The maximum atomic E-state index is 12.6. The Hall–Kier alpha value is -2.27. The van der Waals surface area contributed by atoms with E-state index >= 15 is 0 Å². The number of rotatable bonds is 4. The lowest BCUT2D eigenvalue weighted by Crippen LogP contribution is -2.30. The fourth-order valence-corrected chi connectivity index (χ4v) is 3.98. The number of benzene rings is 2. The molecule has 24 heavy (non-hydrogen) atoms. The molecule has 0 spiro atoms. The van der Waals surface area contributed by atoms with Crippen LogP contribution in [0.15, 0.2) is 54.6 Å². The molecule has 1 aliphatic rings. The molecule has 4 nitrogen and oxygen atoms in total. The molecule has 1 heterocycles. The summed E-state index contributed by atoms with van der Waals surface area (Å²) in [7, 11) is 0. The normalized spacial score (nSPS) is 20.2. The lowest BCUT2D eigenvalue weighted by atomic mass is 10.1. The number of carbonyl (C=O) groups is 2. The molecule has 0 bridgehead atoms. The fraction of sp³-hybridized carbons (Fsp3) is 0.263. The zero-order chi connectivity index (χ0) is 17.1. The molecule has 0 saturated carbocycles. The Morgan fingerprint density at radius 2 is 1.79 bits per heavy atom. The van der Waals surface area contributed by atoms with Crippen molar-refractivity contribution in [3.05, 3.63) is 65.7 Å². The van der Waals surface area contributed by atoms with Crippen LogP contribution >= 0.6 is 11.8 Å². The maximum Gasteiger partial charge on any atom is 0.338 e. The van der Waals surface area contributed by atoms with Crippen molar-refractivity contribution in [3.8, 4) is 0 Å². The van der Waals surface area contributed by atoms with Crippen molar-refractivity contribution in [1.82, 2.24) is 0 Å². The topological polar surface area (TPSA) is 46.6 Å². The third kappa shape index (κ3) is 3.17. The Kier molecular flexibility index (Phi) is 4.90. The molecule has 2 atom stereocenters. The first kappa shape index (κ1) is 16.6. The van der Waals surface area contributed by atoms with Crippen molar-refractivity contribution < 1.29 is 14.3 Å². The molecule has 5 heteroatoms. The molecule has 1 aliphatic heterocycles. The van der Waals surface area contributed by atoms with Gasteiger partial charge in [0.05, 0.1) is 17.4 Å². The molecule has 3 rings (SSSR count). The molecular weight excluding hydrogens is 322 g/mol. The van der Waals surface area contributed by atoms with E-state index in [-0.39, 0.29) is 22.5 Å². The van der Waals surface area contributed by atoms with E-state index in [1.165, 1.54) is 0 Å². The molecular formula is C19H19NO3S. The summed E-state index contributed by atoms with van der Waals surface area (Å²) in [5, 5.41) is -0.151. The monoisotopic (exact) mass is 341 g/mol. The summed E-state index contributed by atoms with van der Waals surface area (Å²) in [6.45, 7) is 4.05. The predicted molar refractivity (Wildman–Crippen MR) is 96.1 cm³/mol. The van der Waals surface area contributed by atoms with Gasteiger partial charge in [0.15, 0.2) is 0 Å². The minimum atomic E-state index is -0.348. The lowest BCUT2D eigenvalue weighted by Gasteiger charge is -2.24. The van der Waals surface area contributed by atoms with Crippen LogP contribution in [0.25, 0.3) is 0 Å². The van der Waals surface area contributed by atoms with Crippen molar-refractivity contribution >= 4 is 29.3 Å². The van der Waals surface area contributed by atoms with E-state index in [4.69, 9.17) is 4.74 Å². The van der Waals surface area contributed by atoms with Crippen LogP contribution in [0.5, 0.6) is 0 Å². The van der Waals surface area contributed by atoms with Gasteiger partial charge >= 0.3 is 5.97 Å². The summed E-state index contributed by atoms with van der Waals surface area (Å²) in [4.78, 5) is 26.2. The highest BCUT2D eigenvalue weighted by Crippen LogP contribution is 2.45. The summed E-state index contributed by atoms with van der Waals surface area (Å²) in [5.74, 6) is -0.267. The standard InChI is InChI=1S/C19H19NO3S/c1-3-23-19(22)15-9-11-16(12-10-15)20-17(21)13(2)24-18(20)14-7-5-4-6-8-14/h4-13,18H,3H2,1-2H3/t13-,18-/m0/s1. The summed E-state index contributed by atoms with van der Waals surface area (Å²) < 4.78 is 5.00. The Bertz CT molecular complexity index is 730. The third-order valence-electron chi connectivity index (χ3n) is 3.89. The number of thioether (sulfide) groups is 1. The zero-order valence-corrected chi connectivity index (χ0v) is 14.5. The average molecular weight is 341 g/mol. The van der Waals surface area contributed by atoms with Gasteiger partial charge in [-0.05, 0) is 43.7 Å². The third-order valence-corrected chi connectivity index (χ3v) is 5.24. The predicted octanol–water partition coefficient (Wildman–Crippen LogP) is 4.03. The molecule has 0 N–H and O–H groups in total. The van der Waals surface area contributed by atoms with E-state index in [1.807, 2.05) is 37.3 Å². The summed E-state index contributed by atoms with van der Waals surface area (Å²) in [6.07, 6.45) is 0. The quantitative estimate of drug-likeness (QED) is 0.788. The molecule has 0 radical (unpaired) electrons. The molecule has 0 unspecified atom stereocenters. The van der Waals surface area contributed by atoms with Gasteiger partial charge in [-0.3, -0.25) is 9.69 Å². The van der Waals surface area contributed by atoms with Crippen LogP contribution in [-0.2, 0) is 9.53 Å². The number of anilines is 1. The second-order valence-corrected chi connectivity index (χ2v) is 6.94. The number of amides is 1. The first-order valence-electron chi connectivity index (χ1n) is 7.92. The number of hydrogen-bond acceptors (Lipinski definition) is 4. The van der Waals surface area contributed by atoms with Gasteiger partial charge in [0, 0.05) is 5.69 Å². The fourth-order valence-electron chi connectivity index (χ4n) is 2.70. The summed E-state index contributed by atoms with van der Waals surface area (Å²) >= 11 is 1.63. The molecule has 1 fully saturated rings. The number of hydrogen-bond donors (Lipinski definition) is 0. The van der Waals surface area contributed by atoms with E-state index < -0.39 is 0 Å². The van der Waals surface area contributed by atoms with Gasteiger partial charge in [0.25, 0.3) is 0 Å². The van der Waals surface area contributed by atoms with Gasteiger partial charge in [-0.2, -0.15) is 0 Å². The molecule has 2 aromatic rings. The summed E-state index contributed by atoms with van der Waals surface area (Å²) in [6, 6.07) is 17.0. The number of nitrogens with zero attached hydrogens (tertiary/aromatic N) is 1. The Labute approximate surface area is 145 Å². The van der Waals surface area contributed by atoms with E-state index in [0.29, 0.717) is 12.2 Å². The maximum absolute atomic E-state index is 12.6. The minimum absolute atomic E-state index is 0.0536. The van der Waals surface area contributed by atoms with E-state index in [2.05, 4.69) is 0 Å². The molecule has 1 saturated heterocycles. The number of carbonyl (C=O) groups excluding carboxylic acids is 2. The highest BCUT2D eigenvalue weighted by atomic mass is 32.2. The van der Waals surface area contributed by atoms with E-state index in [1.54, 1.807) is 47.9 Å². The molecule has 2 aromatic carbocycles. The Morgan fingerprint density at radius 1 is 1.12 bits per heavy atom. The lowest BCUT2D eigenvalue weighted by molar-refractivity contribution is -0.117. The van der Waals surface area contributed by atoms with Crippen molar-refractivity contribution in [1.29, 1.82) is 0 Å². The van der Waals surface area contributed by atoms with Crippen LogP contribution in [0.4, 0.5) is 5.69 Å². The van der Waals surface area contributed by atoms with Crippen molar-refractivity contribution in [2.45, 2.75) is 24.5 Å². The molecule has 1 amide bonds. The van der Waals surface area contributed by atoms with Gasteiger partial charge in [-0.15, -0.1) is 11.8 Å². The average Bonchev–Trinajstić information content (AvgIpc) is 2.91. The number of ether oxygens (including phenoxy) is 1. The van der Waals surface area contributed by atoms with Crippen molar-refractivity contribution in [2.24, 2.45) is 0 Å². The Balaban J connectivity index is 1.90.